The van der Waals surface area contributed by atoms with Gasteiger partial charge in [-0.3, -0.25) is 14.4 Å². The highest BCUT2D eigenvalue weighted by molar-refractivity contribution is 5.96. The molecule has 0 heterocycles. The molecule has 0 saturated carbocycles. The molecule has 2 amide bonds. The van der Waals surface area contributed by atoms with Crippen molar-refractivity contribution in [3.8, 4) is 17.2 Å². The van der Waals surface area contributed by atoms with Crippen molar-refractivity contribution < 1.29 is 28.6 Å². The van der Waals surface area contributed by atoms with E-state index < -0.39 is 0 Å². The largest absolute Gasteiger partial charge is 0.493 e. The molecule has 34 heavy (non-hydrogen) atoms. The van der Waals surface area contributed by atoms with Gasteiger partial charge in [-0.25, -0.2) is 0 Å². The molecule has 0 radical (unpaired) electrons. The van der Waals surface area contributed by atoms with Crippen molar-refractivity contribution in [2.24, 2.45) is 0 Å². The normalized spacial score (nSPS) is 10.2. The summed E-state index contributed by atoms with van der Waals surface area (Å²) < 4.78 is 16.2. The van der Waals surface area contributed by atoms with Gasteiger partial charge in [-0.1, -0.05) is 25.1 Å². The van der Waals surface area contributed by atoms with Gasteiger partial charge >= 0.3 is 0 Å². The number of anilines is 2. The minimum Gasteiger partial charge on any atom is -0.493 e. The van der Waals surface area contributed by atoms with Gasteiger partial charge in [0, 0.05) is 23.4 Å². The lowest BCUT2D eigenvalue weighted by atomic mass is 10.1. The standard InChI is InChI=1S/C26H26N2O6/c1-3-22(29)18-11-13-21(14-12-18)33-16-25(30)27-19-7-6-8-20(15-19)28-26(31)17-34-24-10-5-4-9-23(24)32-2/h4-15H,3,16-17H2,1-2H3,(H,27,30)(H,28,31). The number of hydrogen-bond donors (Lipinski definition) is 2. The average molecular weight is 463 g/mol. The van der Waals surface area contributed by atoms with E-state index in [1.165, 1.54) is 7.11 Å². The minimum atomic E-state index is -0.364. The quantitative estimate of drug-likeness (QED) is 0.412. The molecule has 2 N–H and O–H groups in total. The molecule has 176 valence electrons. The van der Waals surface area contributed by atoms with E-state index in [9.17, 15) is 14.4 Å². The van der Waals surface area contributed by atoms with Crippen LogP contribution in [0, 0.1) is 0 Å². The number of carbonyl (C=O) groups is 3. The summed E-state index contributed by atoms with van der Waals surface area (Å²) in [6, 6.07) is 20.4. The fourth-order valence-electron chi connectivity index (χ4n) is 3.04. The van der Waals surface area contributed by atoms with Gasteiger partial charge in [0.15, 0.2) is 30.5 Å². The number of Topliss-reactive ketones (excluding diaryl/α,β-unsaturated/α-hetero) is 1. The Morgan fingerprint density at radius 2 is 1.32 bits per heavy atom. The minimum absolute atomic E-state index is 0.0441. The highest BCUT2D eigenvalue weighted by Gasteiger charge is 2.09. The molecule has 0 saturated heterocycles. The number of rotatable bonds is 11. The summed E-state index contributed by atoms with van der Waals surface area (Å²) in [5, 5.41) is 5.45. The molecule has 0 aromatic heterocycles. The van der Waals surface area contributed by atoms with E-state index in [2.05, 4.69) is 10.6 Å². The summed E-state index contributed by atoms with van der Waals surface area (Å²) in [5.74, 6) is 0.807. The lowest BCUT2D eigenvalue weighted by Crippen LogP contribution is -2.21. The fraction of sp³-hybridized carbons (Fsp3) is 0.192. The number of ketones is 1. The van der Waals surface area contributed by atoms with Crippen LogP contribution in [0.15, 0.2) is 72.8 Å². The van der Waals surface area contributed by atoms with Crippen molar-refractivity contribution in [1.82, 2.24) is 0 Å². The molecule has 8 nitrogen and oxygen atoms in total. The first kappa shape index (κ1) is 24.3. The first-order chi connectivity index (χ1) is 16.5. The molecule has 3 aromatic rings. The number of para-hydroxylation sites is 2. The van der Waals surface area contributed by atoms with E-state index in [-0.39, 0.29) is 30.8 Å². The number of benzene rings is 3. The second-order valence-electron chi connectivity index (χ2n) is 7.21. The predicted molar refractivity (Wildman–Crippen MR) is 129 cm³/mol. The maximum Gasteiger partial charge on any atom is 0.262 e. The van der Waals surface area contributed by atoms with Gasteiger partial charge in [0.05, 0.1) is 7.11 Å². The summed E-state index contributed by atoms with van der Waals surface area (Å²) in [6.45, 7) is 1.39. The van der Waals surface area contributed by atoms with Gasteiger partial charge in [0.1, 0.15) is 5.75 Å². The van der Waals surface area contributed by atoms with Gasteiger partial charge < -0.3 is 24.8 Å². The van der Waals surface area contributed by atoms with E-state index in [0.29, 0.717) is 40.6 Å². The number of methoxy groups -OCH3 is 1. The van der Waals surface area contributed by atoms with Crippen molar-refractivity contribution in [2.75, 3.05) is 31.0 Å². The molecular weight excluding hydrogens is 436 g/mol. The molecule has 0 atom stereocenters. The Balaban J connectivity index is 1.48. The predicted octanol–water partition coefficient (Wildman–Crippen LogP) is 4.32. The zero-order valence-corrected chi connectivity index (χ0v) is 19.0. The third kappa shape index (κ3) is 7.09. The Morgan fingerprint density at radius 1 is 0.735 bits per heavy atom. The Kier molecular flexibility index (Phi) is 8.62. The van der Waals surface area contributed by atoms with Crippen LogP contribution in [0.1, 0.15) is 23.7 Å². The molecule has 0 fully saturated rings. The molecule has 8 heteroatoms. The van der Waals surface area contributed by atoms with Crippen LogP contribution in [-0.4, -0.2) is 37.9 Å². The van der Waals surface area contributed by atoms with Crippen LogP contribution < -0.4 is 24.8 Å². The van der Waals surface area contributed by atoms with Crippen LogP contribution >= 0.6 is 0 Å². The lowest BCUT2D eigenvalue weighted by Gasteiger charge is -2.12. The zero-order valence-electron chi connectivity index (χ0n) is 19.0. The molecule has 3 rings (SSSR count). The third-order valence-electron chi connectivity index (χ3n) is 4.73. The van der Waals surface area contributed by atoms with Gasteiger partial charge in [-0.05, 0) is 54.6 Å². The first-order valence-corrected chi connectivity index (χ1v) is 10.7. The van der Waals surface area contributed by atoms with Crippen molar-refractivity contribution >= 4 is 29.0 Å². The summed E-state index contributed by atoms with van der Waals surface area (Å²) in [7, 11) is 1.53. The fourth-order valence-corrected chi connectivity index (χ4v) is 3.04. The van der Waals surface area contributed by atoms with Crippen molar-refractivity contribution in [1.29, 1.82) is 0 Å². The monoisotopic (exact) mass is 462 g/mol. The SMILES string of the molecule is CCC(=O)c1ccc(OCC(=O)Nc2cccc(NC(=O)COc3ccccc3OC)c2)cc1. The average Bonchev–Trinajstić information content (AvgIpc) is 2.86. The topological polar surface area (TPSA) is 103 Å². The van der Waals surface area contributed by atoms with Crippen LogP contribution in [0.3, 0.4) is 0 Å². The van der Waals surface area contributed by atoms with Gasteiger partial charge in [0.25, 0.3) is 11.8 Å². The molecule has 0 aliphatic heterocycles. The number of carbonyl (C=O) groups excluding carboxylic acids is 3. The molecule has 0 spiro atoms. The van der Waals surface area contributed by atoms with E-state index >= 15 is 0 Å². The molecule has 3 aromatic carbocycles. The smallest absolute Gasteiger partial charge is 0.262 e. The molecule has 0 bridgehead atoms. The molecule has 0 unspecified atom stereocenters. The van der Waals surface area contributed by atoms with Crippen molar-refractivity contribution in [3.63, 3.8) is 0 Å². The number of nitrogens with one attached hydrogen (secondary N) is 2. The third-order valence-corrected chi connectivity index (χ3v) is 4.73. The highest BCUT2D eigenvalue weighted by atomic mass is 16.5. The summed E-state index contributed by atoms with van der Waals surface area (Å²) in [5.41, 5.74) is 1.61. The van der Waals surface area contributed by atoms with Gasteiger partial charge in [-0.15, -0.1) is 0 Å². The van der Waals surface area contributed by atoms with Crippen LogP contribution in [0.2, 0.25) is 0 Å². The van der Waals surface area contributed by atoms with E-state index in [4.69, 9.17) is 14.2 Å². The summed E-state index contributed by atoms with van der Waals surface area (Å²) >= 11 is 0. The van der Waals surface area contributed by atoms with Crippen LogP contribution in [-0.2, 0) is 9.59 Å². The number of hydrogen-bond acceptors (Lipinski definition) is 6. The van der Waals surface area contributed by atoms with E-state index in [0.717, 1.165) is 0 Å². The second kappa shape index (κ2) is 12.1. The van der Waals surface area contributed by atoms with Crippen molar-refractivity contribution in [2.45, 2.75) is 13.3 Å². The highest BCUT2D eigenvalue weighted by Crippen LogP contribution is 2.25. The van der Waals surface area contributed by atoms with Crippen LogP contribution in [0.5, 0.6) is 17.2 Å². The maximum atomic E-state index is 12.3. The number of amides is 2. The first-order valence-electron chi connectivity index (χ1n) is 10.7. The number of ether oxygens (including phenoxy) is 3. The Morgan fingerprint density at radius 3 is 1.91 bits per heavy atom. The maximum absolute atomic E-state index is 12.3. The Hall–Kier alpha value is -4.33. The van der Waals surface area contributed by atoms with Gasteiger partial charge in [-0.2, -0.15) is 0 Å². The van der Waals surface area contributed by atoms with E-state index in [1.54, 1.807) is 73.7 Å². The lowest BCUT2D eigenvalue weighted by molar-refractivity contribution is -0.118. The molecular formula is C26H26N2O6. The molecule has 0 aliphatic rings. The van der Waals surface area contributed by atoms with E-state index in [1.807, 2.05) is 6.07 Å². The second-order valence-corrected chi connectivity index (χ2v) is 7.21. The van der Waals surface area contributed by atoms with Crippen molar-refractivity contribution in [3.05, 3.63) is 78.4 Å². The zero-order chi connectivity index (χ0) is 24.3. The van der Waals surface area contributed by atoms with Gasteiger partial charge in [0.2, 0.25) is 0 Å². The Bertz CT molecular complexity index is 1140. The summed E-state index contributed by atoms with van der Waals surface area (Å²) in [6.07, 6.45) is 0.428. The van der Waals surface area contributed by atoms with Crippen LogP contribution in [0.4, 0.5) is 11.4 Å². The molecule has 0 aliphatic carbocycles. The Labute approximate surface area is 197 Å². The van der Waals surface area contributed by atoms with Crippen LogP contribution in [0.25, 0.3) is 0 Å². The summed E-state index contributed by atoms with van der Waals surface area (Å²) in [4.78, 5) is 36.2.